The van der Waals surface area contributed by atoms with Gasteiger partial charge in [-0.3, -0.25) is 14.5 Å². The fraction of sp³-hybridized carbons (Fsp3) is 0.0952. The lowest BCUT2D eigenvalue weighted by molar-refractivity contribution is -0.122. The van der Waals surface area contributed by atoms with Crippen LogP contribution >= 0.6 is 24.0 Å². The number of nitrogens with one attached hydrogen (secondary N) is 1. The minimum atomic E-state index is -0.372. The summed E-state index contributed by atoms with van der Waals surface area (Å²) in [7, 11) is 0. The molecule has 142 valence electrons. The van der Waals surface area contributed by atoms with Crippen LogP contribution in [0.4, 0.5) is 10.1 Å². The molecule has 1 saturated heterocycles. The van der Waals surface area contributed by atoms with Crippen molar-refractivity contribution in [2.45, 2.75) is 6.42 Å². The summed E-state index contributed by atoms with van der Waals surface area (Å²) in [5, 5.41) is 2.67. The molecule has 1 aliphatic heterocycles. The zero-order chi connectivity index (χ0) is 19.9. The number of rotatable bonds is 6. The van der Waals surface area contributed by atoms with Crippen molar-refractivity contribution in [3.05, 3.63) is 83.0 Å². The average molecular weight is 413 g/mol. The lowest BCUT2D eigenvalue weighted by Crippen LogP contribution is -2.31. The van der Waals surface area contributed by atoms with Crippen LogP contribution in [0.25, 0.3) is 6.08 Å². The molecule has 0 bridgehead atoms. The summed E-state index contributed by atoms with van der Waals surface area (Å²) in [5.41, 5.74) is 1.54. The third-order valence-corrected chi connectivity index (χ3v) is 5.30. The largest absolute Gasteiger partial charge is 0.326 e. The van der Waals surface area contributed by atoms with Crippen molar-refractivity contribution >= 4 is 51.9 Å². The Labute approximate surface area is 172 Å². The number of hydrogen-bond donors (Lipinski definition) is 1. The number of benzene rings is 2. The maximum absolute atomic E-state index is 12.9. The summed E-state index contributed by atoms with van der Waals surface area (Å²) >= 11 is 6.48. The summed E-state index contributed by atoms with van der Waals surface area (Å²) in [6.45, 7) is 0.192. The Morgan fingerprint density at radius 2 is 1.86 bits per heavy atom. The third kappa shape index (κ3) is 5.37. The first-order valence-corrected chi connectivity index (χ1v) is 9.78. The number of amides is 2. The summed E-state index contributed by atoms with van der Waals surface area (Å²) in [6, 6.07) is 15.3. The molecule has 0 aromatic heterocycles. The van der Waals surface area contributed by atoms with Crippen LogP contribution in [0.15, 0.2) is 71.7 Å². The van der Waals surface area contributed by atoms with Crippen molar-refractivity contribution in [3.63, 3.8) is 0 Å². The van der Waals surface area contributed by atoms with E-state index in [2.05, 4.69) is 5.32 Å². The van der Waals surface area contributed by atoms with E-state index in [0.717, 1.165) is 5.56 Å². The van der Waals surface area contributed by atoms with Gasteiger partial charge in [0.2, 0.25) is 5.91 Å². The highest BCUT2D eigenvalue weighted by atomic mass is 32.2. The molecule has 28 heavy (non-hydrogen) atoms. The van der Waals surface area contributed by atoms with Crippen molar-refractivity contribution in [2.24, 2.45) is 0 Å². The Balaban J connectivity index is 1.54. The Bertz CT molecular complexity index is 941. The number of halogens is 1. The highest BCUT2D eigenvalue weighted by Gasteiger charge is 2.31. The molecule has 4 nitrogen and oxygen atoms in total. The lowest BCUT2D eigenvalue weighted by atomic mass is 10.2. The van der Waals surface area contributed by atoms with Gasteiger partial charge in [0, 0.05) is 18.7 Å². The molecule has 0 atom stereocenters. The molecule has 0 spiro atoms. The molecule has 2 aromatic carbocycles. The zero-order valence-electron chi connectivity index (χ0n) is 14.8. The third-order valence-electron chi connectivity index (χ3n) is 3.90. The Morgan fingerprint density at radius 1 is 1.14 bits per heavy atom. The van der Waals surface area contributed by atoms with Gasteiger partial charge in [-0.05, 0) is 35.9 Å². The maximum atomic E-state index is 12.9. The van der Waals surface area contributed by atoms with Crippen LogP contribution < -0.4 is 5.32 Å². The lowest BCUT2D eigenvalue weighted by Gasteiger charge is -2.14. The summed E-state index contributed by atoms with van der Waals surface area (Å²) in [6.07, 6.45) is 5.54. The molecule has 2 aromatic rings. The second kappa shape index (κ2) is 9.43. The SMILES string of the molecule is O=C(CCN1C(=O)/C(=C/C=C/c2ccccc2)SC1=S)Nc1ccc(F)cc1. The van der Waals surface area contributed by atoms with Gasteiger partial charge in [-0.1, -0.05) is 66.5 Å². The van der Waals surface area contributed by atoms with E-state index in [4.69, 9.17) is 12.2 Å². The average Bonchev–Trinajstić information content (AvgIpc) is 2.96. The van der Waals surface area contributed by atoms with Crippen LogP contribution in [-0.2, 0) is 9.59 Å². The van der Waals surface area contributed by atoms with Crippen molar-refractivity contribution in [1.29, 1.82) is 0 Å². The second-order valence-electron chi connectivity index (χ2n) is 5.93. The van der Waals surface area contributed by atoms with E-state index in [0.29, 0.717) is 14.9 Å². The molecule has 1 fully saturated rings. The quantitative estimate of drug-likeness (QED) is 0.556. The highest BCUT2D eigenvalue weighted by Crippen LogP contribution is 2.31. The van der Waals surface area contributed by atoms with Crippen LogP contribution in [0, 0.1) is 5.82 Å². The van der Waals surface area contributed by atoms with Crippen LogP contribution in [0.5, 0.6) is 0 Å². The van der Waals surface area contributed by atoms with Gasteiger partial charge in [-0.15, -0.1) is 0 Å². The zero-order valence-corrected chi connectivity index (χ0v) is 16.4. The Morgan fingerprint density at radius 3 is 2.57 bits per heavy atom. The minimum absolute atomic E-state index is 0.0942. The van der Waals surface area contributed by atoms with Crippen molar-refractivity contribution < 1.29 is 14.0 Å². The number of hydrogen-bond acceptors (Lipinski definition) is 4. The highest BCUT2D eigenvalue weighted by molar-refractivity contribution is 8.26. The molecular formula is C21H17FN2O2S2. The molecule has 1 N–H and O–H groups in total. The summed E-state index contributed by atoms with van der Waals surface area (Å²) in [4.78, 5) is 26.5. The molecule has 0 unspecified atom stereocenters. The predicted octanol–water partition coefficient (Wildman–Crippen LogP) is 4.61. The predicted molar refractivity (Wildman–Crippen MR) is 115 cm³/mol. The van der Waals surface area contributed by atoms with Gasteiger partial charge in [-0.25, -0.2) is 4.39 Å². The topological polar surface area (TPSA) is 49.4 Å². The summed E-state index contributed by atoms with van der Waals surface area (Å²) < 4.78 is 13.3. The van der Waals surface area contributed by atoms with E-state index in [1.165, 1.54) is 40.9 Å². The molecule has 1 aliphatic rings. The number of nitrogens with zero attached hydrogens (tertiary/aromatic N) is 1. The van der Waals surface area contributed by atoms with Crippen LogP contribution in [-0.4, -0.2) is 27.6 Å². The van der Waals surface area contributed by atoms with Crippen LogP contribution in [0.3, 0.4) is 0 Å². The second-order valence-corrected chi connectivity index (χ2v) is 7.61. The number of carbonyl (C=O) groups excluding carboxylic acids is 2. The van der Waals surface area contributed by atoms with Gasteiger partial charge in [0.25, 0.3) is 5.91 Å². The van der Waals surface area contributed by atoms with Gasteiger partial charge in [0.1, 0.15) is 10.1 Å². The van der Waals surface area contributed by atoms with E-state index >= 15 is 0 Å². The Hall–Kier alpha value is -2.77. The number of allylic oxidation sites excluding steroid dienone is 2. The number of carbonyl (C=O) groups is 2. The van der Waals surface area contributed by atoms with Gasteiger partial charge in [0.15, 0.2) is 0 Å². The number of thioether (sulfide) groups is 1. The standard InChI is InChI=1S/C21H17FN2O2S2/c22-16-9-11-17(12-10-16)23-19(25)13-14-24-20(26)18(28-21(24)27)8-4-7-15-5-2-1-3-6-15/h1-12H,13-14H2,(H,23,25)/b7-4+,18-8-. The van der Waals surface area contributed by atoms with Crippen LogP contribution in [0.1, 0.15) is 12.0 Å². The molecule has 0 radical (unpaired) electrons. The van der Waals surface area contributed by atoms with Gasteiger partial charge >= 0.3 is 0 Å². The van der Waals surface area contributed by atoms with Crippen molar-refractivity contribution in [2.75, 3.05) is 11.9 Å². The maximum Gasteiger partial charge on any atom is 0.266 e. The molecule has 0 saturated carbocycles. The van der Waals surface area contributed by atoms with E-state index in [-0.39, 0.29) is 30.6 Å². The first-order chi connectivity index (χ1) is 13.5. The molecule has 0 aliphatic carbocycles. The van der Waals surface area contributed by atoms with Crippen molar-refractivity contribution in [3.8, 4) is 0 Å². The number of anilines is 1. The van der Waals surface area contributed by atoms with Gasteiger partial charge in [-0.2, -0.15) is 0 Å². The molecule has 2 amide bonds. The Kier molecular flexibility index (Phi) is 6.73. The first kappa shape index (κ1) is 20.0. The van der Waals surface area contributed by atoms with E-state index in [9.17, 15) is 14.0 Å². The van der Waals surface area contributed by atoms with E-state index in [1.807, 2.05) is 42.5 Å². The smallest absolute Gasteiger partial charge is 0.266 e. The normalized spacial score (nSPS) is 15.6. The van der Waals surface area contributed by atoms with E-state index < -0.39 is 0 Å². The summed E-state index contributed by atoms with van der Waals surface area (Å²) in [5.74, 6) is -0.848. The number of thiocarbonyl (C=S) groups is 1. The first-order valence-electron chi connectivity index (χ1n) is 8.55. The molecule has 1 heterocycles. The molecule has 3 rings (SSSR count). The molecular weight excluding hydrogens is 395 g/mol. The minimum Gasteiger partial charge on any atom is -0.326 e. The van der Waals surface area contributed by atoms with Crippen molar-refractivity contribution in [1.82, 2.24) is 4.90 Å². The monoisotopic (exact) mass is 412 g/mol. The molecule has 7 heteroatoms. The van der Waals surface area contributed by atoms with Crippen LogP contribution in [0.2, 0.25) is 0 Å². The van der Waals surface area contributed by atoms with E-state index in [1.54, 1.807) is 6.08 Å². The van der Waals surface area contributed by atoms with Gasteiger partial charge in [0.05, 0.1) is 4.91 Å². The fourth-order valence-corrected chi connectivity index (χ4v) is 3.75. The van der Waals surface area contributed by atoms with Gasteiger partial charge < -0.3 is 5.32 Å². The fourth-order valence-electron chi connectivity index (χ4n) is 2.49.